The molecule has 3 atom stereocenters. The maximum absolute atomic E-state index is 11.3. The monoisotopic (exact) mass is 398 g/mol. The third-order valence-electron chi connectivity index (χ3n) is 4.81. The van der Waals surface area contributed by atoms with Crippen LogP contribution < -0.4 is 0 Å². The van der Waals surface area contributed by atoms with Crippen molar-refractivity contribution in [2.24, 2.45) is 0 Å². The van der Waals surface area contributed by atoms with Crippen LogP contribution in [-0.4, -0.2) is 43.1 Å². The van der Waals surface area contributed by atoms with Crippen LogP contribution >= 0.6 is 0 Å². The molecular formula is C22H38O6. The van der Waals surface area contributed by atoms with Gasteiger partial charge in [-0.1, -0.05) is 38.5 Å². The minimum absolute atomic E-state index is 0.0246. The molecule has 28 heavy (non-hydrogen) atoms. The van der Waals surface area contributed by atoms with Crippen LogP contribution in [0.15, 0.2) is 12.2 Å². The molecule has 0 radical (unpaired) electrons. The number of rotatable bonds is 13. The number of ether oxygens (including phenoxy) is 4. The second-order valence-corrected chi connectivity index (χ2v) is 7.99. The molecule has 0 spiro atoms. The molecule has 0 N–H and O–H groups in total. The third-order valence-corrected chi connectivity index (χ3v) is 4.81. The minimum atomic E-state index is -0.626. The Bertz CT molecular complexity index is 499. The summed E-state index contributed by atoms with van der Waals surface area (Å²) in [6, 6.07) is 0. The van der Waals surface area contributed by atoms with Gasteiger partial charge in [0.1, 0.15) is 6.10 Å². The third kappa shape index (κ3) is 10.8. The molecule has 1 aliphatic rings. The van der Waals surface area contributed by atoms with Gasteiger partial charge in [-0.2, -0.15) is 0 Å². The highest BCUT2D eigenvalue weighted by Gasteiger charge is 2.39. The van der Waals surface area contributed by atoms with E-state index in [1.165, 1.54) is 45.8 Å². The van der Waals surface area contributed by atoms with Gasteiger partial charge in [-0.05, 0) is 46.1 Å². The van der Waals surface area contributed by atoms with E-state index in [-0.39, 0.29) is 30.3 Å². The van der Waals surface area contributed by atoms with Gasteiger partial charge >= 0.3 is 11.9 Å². The second kappa shape index (κ2) is 12.9. The standard InChI is InChI=1S/C22H38O6/c1-17(26-18(2)23)13-11-9-7-6-8-10-12-14-19-20(15-16-21(24)25-5)28-22(3,4)27-19/h15-17,19-20H,6-14H2,1-5H3/b16-15+/t17-,19+,20+/m1/s1. The lowest BCUT2D eigenvalue weighted by atomic mass is 10.0. The summed E-state index contributed by atoms with van der Waals surface area (Å²) in [6.07, 6.45) is 13.0. The first-order valence-corrected chi connectivity index (χ1v) is 10.5. The highest BCUT2D eigenvalue weighted by Crippen LogP contribution is 2.31. The molecule has 0 saturated carbocycles. The predicted octanol–water partition coefficient (Wildman–Crippen LogP) is 4.70. The molecule has 1 aliphatic heterocycles. The molecule has 0 aromatic rings. The number of unbranched alkanes of at least 4 members (excludes halogenated alkanes) is 6. The summed E-state index contributed by atoms with van der Waals surface area (Å²) >= 11 is 0. The van der Waals surface area contributed by atoms with Crippen LogP contribution in [0.3, 0.4) is 0 Å². The fourth-order valence-electron chi connectivity index (χ4n) is 3.49. The van der Waals surface area contributed by atoms with E-state index in [1.807, 2.05) is 20.8 Å². The maximum atomic E-state index is 11.3. The van der Waals surface area contributed by atoms with Gasteiger partial charge in [0.05, 0.1) is 19.3 Å². The predicted molar refractivity (Wildman–Crippen MR) is 108 cm³/mol. The van der Waals surface area contributed by atoms with Crippen molar-refractivity contribution in [3.8, 4) is 0 Å². The van der Waals surface area contributed by atoms with Crippen molar-refractivity contribution in [3.63, 3.8) is 0 Å². The Balaban J connectivity index is 2.13. The first-order valence-electron chi connectivity index (χ1n) is 10.5. The molecule has 0 aromatic heterocycles. The summed E-state index contributed by atoms with van der Waals surface area (Å²) in [5.41, 5.74) is 0. The molecule has 6 heteroatoms. The average Bonchev–Trinajstić information content (AvgIpc) is 2.91. The van der Waals surface area contributed by atoms with E-state index in [0.717, 1.165) is 32.1 Å². The lowest BCUT2D eigenvalue weighted by Gasteiger charge is -2.16. The van der Waals surface area contributed by atoms with E-state index in [9.17, 15) is 9.59 Å². The molecule has 1 fully saturated rings. The van der Waals surface area contributed by atoms with E-state index in [1.54, 1.807) is 6.08 Å². The number of hydrogen-bond donors (Lipinski definition) is 0. The molecule has 1 heterocycles. The van der Waals surface area contributed by atoms with Crippen molar-refractivity contribution >= 4 is 11.9 Å². The second-order valence-electron chi connectivity index (χ2n) is 7.99. The Kier molecular flexibility index (Phi) is 11.4. The number of methoxy groups -OCH3 is 1. The molecule has 0 bridgehead atoms. The molecule has 0 aliphatic carbocycles. The summed E-state index contributed by atoms with van der Waals surface area (Å²) in [6.45, 7) is 7.20. The summed E-state index contributed by atoms with van der Waals surface area (Å²) in [4.78, 5) is 22.2. The van der Waals surface area contributed by atoms with E-state index in [2.05, 4.69) is 4.74 Å². The van der Waals surface area contributed by atoms with Gasteiger partial charge in [0, 0.05) is 13.0 Å². The summed E-state index contributed by atoms with van der Waals surface area (Å²) in [7, 11) is 1.36. The molecule has 0 amide bonds. The first kappa shape index (κ1) is 24.6. The SMILES string of the molecule is COC(=O)/C=C/[C@@H]1OC(C)(C)O[C@H]1CCCCCCCCC[C@@H](C)OC(C)=O. The Morgan fingerprint density at radius 2 is 1.64 bits per heavy atom. The molecular weight excluding hydrogens is 360 g/mol. The van der Waals surface area contributed by atoms with E-state index < -0.39 is 5.79 Å². The Labute approximate surface area is 169 Å². The fourth-order valence-corrected chi connectivity index (χ4v) is 3.49. The van der Waals surface area contributed by atoms with Crippen LogP contribution in [0, 0.1) is 0 Å². The van der Waals surface area contributed by atoms with Gasteiger partial charge in [-0.25, -0.2) is 4.79 Å². The zero-order valence-corrected chi connectivity index (χ0v) is 18.2. The zero-order valence-electron chi connectivity index (χ0n) is 18.2. The van der Waals surface area contributed by atoms with Gasteiger partial charge in [-0.15, -0.1) is 0 Å². The average molecular weight is 399 g/mol. The largest absolute Gasteiger partial charge is 0.466 e. The lowest BCUT2D eigenvalue weighted by molar-refractivity contribution is -0.146. The Morgan fingerprint density at radius 1 is 1.04 bits per heavy atom. The van der Waals surface area contributed by atoms with Crippen LogP contribution in [0.4, 0.5) is 0 Å². The van der Waals surface area contributed by atoms with Crippen molar-refractivity contribution in [3.05, 3.63) is 12.2 Å². The Morgan fingerprint density at radius 3 is 2.25 bits per heavy atom. The topological polar surface area (TPSA) is 71.1 Å². The zero-order chi connectivity index (χ0) is 21.0. The van der Waals surface area contributed by atoms with E-state index in [0.29, 0.717) is 0 Å². The lowest BCUT2D eigenvalue weighted by Crippen LogP contribution is -2.21. The fraction of sp³-hybridized carbons (Fsp3) is 0.818. The van der Waals surface area contributed by atoms with Crippen LogP contribution in [0.1, 0.15) is 85.5 Å². The first-order chi connectivity index (χ1) is 13.2. The van der Waals surface area contributed by atoms with Crippen molar-refractivity contribution in [1.29, 1.82) is 0 Å². The molecule has 0 unspecified atom stereocenters. The number of carbonyl (C=O) groups excluding carboxylic acids is 2. The van der Waals surface area contributed by atoms with Gasteiger partial charge in [-0.3, -0.25) is 4.79 Å². The minimum Gasteiger partial charge on any atom is -0.466 e. The van der Waals surface area contributed by atoms with Crippen molar-refractivity contribution in [1.82, 2.24) is 0 Å². The normalized spacial score (nSPS) is 22.3. The van der Waals surface area contributed by atoms with Crippen LogP contribution in [-0.2, 0) is 28.5 Å². The molecule has 0 aromatic carbocycles. The maximum Gasteiger partial charge on any atom is 0.330 e. The van der Waals surface area contributed by atoms with Gasteiger partial charge < -0.3 is 18.9 Å². The van der Waals surface area contributed by atoms with Crippen LogP contribution in [0.5, 0.6) is 0 Å². The summed E-state index contributed by atoms with van der Waals surface area (Å²) in [5, 5.41) is 0. The number of carbonyl (C=O) groups is 2. The van der Waals surface area contributed by atoms with E-state index >= 15 is 0 Å². The Hall–Kier alpha value is -1.40. The molecule has 6 nitrogen and oxygen atoms in total. The van der Waals surface area contributed by atoms with Gasteiger partial charge in [0.15, 0.2) is 5.79 Å². The van der Waals surface area contributed by atoms with Crippen molar-refractivity contribution < 1.29 is 28.5 Å². The summed E-state index contributed by atoms with van der Waals surface area (Å²) < 4.78 is 21.6. The highest BCUT2D eigenvalue weighted by atomic mass is 16.7. The van der Waals surface area contributed by atoms with Crippen molar-refractivity contribution in [2.75, 3.05) is 7.11 Å². The smallest absolute Gasteiger partial charge is 0.330 e. The quantitative estimate of drug-likeness (QED) is 0.254. The highest BCUT2D eigenvalue weighted by molar-refractivity contribution is 5.81. The van der Waals surface area contributed by atoms with Crippen LogP contribution in [0.2, 0.25) is 0 Å². The molecule has 162 valence electrons. The molecule has 1 rings (SSSR count). The summed E-state index contributed by atoms with van der Waals surface area (Å²) in [5.74, 6) is -1.20. The number of hydrogen-bond acceptors (Lipinski definition) is 6. The van der Waals surface area contributed by atoms with Gasteiger partial charge in [0.25, 0.3) is 0 Å². The molecule has 1 saturated heterocycles. The van der Waals surface area contributed by atoms with E-state index in [4.69, 9.17) is 14.2 Å². The van der Waals surface area contributed by atoms with Crippen molar-refractivity contribution in [2.45, 2.75) is 110 Å². The number of esters is 2. The van der Waals surface area contributed by atoms with Crippen LogP contribution in [0.25, 0.3) is 0 Å². The van der Waals surface area contributed by atoms with Gasteiger partial charge in [0.2, 0.25) is 0 Å².